The zero-order valence-electron chi connectivity index (χ0n) is 18.2. The highest BCUT2D eigenvalue weighted by molar-refractivity contribution is 7.99. The van der Waals surface area contributed by atoms with Crippen LogP contribution in [0.2, 0.25) is 0 Å². The van der Waals surface area contributed by atoms with E-state index in [1.54, 1.807) is 30.3 Å². The Morgan fingerprint density at radius 1 is 1.12 bits per heavy atom. The fraction of sp³-hybridized carbons (Fsp3) is 0.333. The molecule has 2 heterocycles. The Balaban J connectivity index is 1.44. The molecule has 33 heavy (non-hydrogen) atoms. The van der Waals surface area contributed by atoms with Gasteiger partial charge < -0.3 is 14.8 Å². The first-order chi connectivity index (χ1) is 15.8. The Kier molecular flexibility index (Phi) is 6.97. The SMILES string of the molecule is Cc1cc(N2CCCC2)ccc1NC(=O)CSc1ncc(-c2ccccc2)n1CC(F)(F)F. The topological polar surface area (TPSA) is 50.2 Å². The average molecular weight is 475 g/mol. The number of benzene rings is 2. The third kappa shape index (κ3) is 5.90. The Hall–Kier alpha value is -2.94. The van der Waals surface area contributed by atoms with Crippen molar-refractivity contribution in [1.29, 1.82) is 0 Å². The quantitative estimate of drug-likeness (QED) is 0.443. The van der Waals surface area contributed by atoms with E-state index in [4.69, 9.17) is 0 Å². The number of carbonyl (C=O) groups is 1. The largest absolute Gasteiger partial charge is 0.406 e. The summed E-state index contributed by atoms with van der Waals surface area (Å²) in [6, 6.07) is 14.7. The fourth-order valence-corrected chi connectivity index (χ4v) is 4.70. The number of imidazole rings is 1. The molecular weight excluding hydrogens is 449 g/mol. The molecule has 0 atom stereocenters. The van der Waals surface area contributed by atoms with Gasteiger partial charge in [0.05, 0.1) is 17.6 Å². The van der Waals surface area contributed by atoms with Crippen LogP contribution in [-0.4, -0.2) is 40.5 Å². The Bertz CT molecular complexity index is 1110. The van der Waals surface area contributed by atoms with Crippen LogP contribution in [-0.2, 0) is 11.3 Å². The Morgan fingerprint density at radius 3 is 2.52 bits per heavy atom. The van der Waals surface area contributed by atoms with Crippen LogP contribution in [0.3, 0.4) is 0 Å². The molecule has 3 aromatic rings. The molecule has 1 aromatic heterocycles. The van der Waals surface area contributed by atoms with Crippen molar-refractivity contribution in [2.24, 2.45) is 0 Å². The molecule has 0 saturated carbocycles. The molecule has 0 bridgehead atoms. The van der Waals surface area contributed by atoms with Gasteiger partial charge in [0.1, 0.15) is 6.54 Å². The summed E-state index contributed by atoms with van der Waals surface area (Å²) in [7, 11) is 0. The lowest BCUT2D eigenvalue weighted by Crippen LogP contribution is -2.20. The van der Waals surface area contributed by atoms with Crippen molar-refractivity contribution >= 4 is 29.0 Å². The summed E-state index contributed by atoms with van der Waals surface area (Å²) in [5.41, 5.74) is 3.79. The highest BCUT2D eigenvalue weighted by Crippen LogP contribution is 2.30. The molecule has 9 heteroatoms. The van der Waals surface area contributed by atoms with Gasteiger partial charge in [-0.3, -0.25) is 4.79 Å². The maximum atomic E-state index is 13.2. The van der Waals surface area contributed by atoms with Gasteiger partial charge in [0.15, 0.2) is 5.16 Å². The van der Waals surface area contributed by atoms with Gasteiger partial charge in [-0.1, -0.05) is 42.1 Å². The van der Waals surface area contributed by atoms with Gasteiger partial charge in [-0.2, -0.15) is 13.2 Å². The molecule has 1 N–H and O–H groups in total. The first kappa shape index (κ1) is 23.2. The van der Waals surface area contributed by atoms with Crippen LogP contribution in [0, 0.1) is 6.92 Å². The number of halogens is 3. The smallest absolute Gasteiger partial charge is 0.372 e. The molecule has 1 aliphatic heterocycles. The van der Waals surface area contributed by atoms with E-state index >= 15 is 0 Å². The van der Waals surface area contributed by atoms with E-state index < -0.39 is 12.7 Å². The average Bonchev–Trinajstić information content (AvgIpc) is 3.44. The highest BCUT2D eigenvalue weighted by Gasteiger charge is 2.31. The van der Waals surface area contributed by atoms with E-state index in [1.807, 2.05) is 19.1 Å². The molecule has 5 nitrogen and oxygen atoms in total. The summed E-state index contributed by atoms with van der Waals surface area (Å²) < 4.78 is 40.8. The van der Waals surface area contributed by atoms with Gasteiger partial charge >= 0.3 is 6.18 Å². The number of hydrogen-bond acceptors (Lipinski definition) is 4. The monoisotopic (exact) mass is 474 g/mol. The first-order valence-electron chi connectivity index (χ1n) is 10.8. The second-order valence-corrected chi connectivity index (χ2v) is 8.97. The maximum absolute atomic E-state index is 13.2. The van der Waals surface area contributed by atoms with Crippen molar-refractivity contribution in [3.63, 3.8) is 0 Å². The summed E-state index contributed by atoms with van der Waals surface area (Å²) in [6.07, 6.45) is -0.617. The van der Waals surface area contributed by atoms with Crippen molar-refractivity contribution in [2.75, 3.05) is 29.1 Å². The molecule has 1 fully saturated rings. The minimum absolute atomic E-state index is 0.0452. The van der Waals surface area contributed by atoms with Gasteiger partial charge in [0.25, 0.3) is 0 Å². The van der Waals surface area contributed by atoms with E-state index in [-0.39, 0.29) is 16.8 Å². The molecule has 2 aromatic carbocycles. The predicted octanol–water partition coefficient (Wildman–Crippen LogP) is 5.75. The zero-order chi connectivity index (χ0) is 23.4. The summed E-state index contributed by atoms with van der Waals surface area (Å²) in [5.74, 6) is -0.337. The number of carbonyl (C=O) groups excluding carboxylic acids is 1. The lowest BCUT2D eigenvalue weighted by Gasteiger charge is -2.19. The normalized spacial score (nSPS) is 14.0. The third-order valence-corrected chi connectivity index (χ3v) is 6.50. The Morgan fingerprint density at radius 2 is 1.85 bits per heavy atom. The fourth-order valence-electron chi connectivity index (χ4n) is 3.92. The minimum Gasteiger partial charge on any atom is -0.372 e. The van der Waals surface area contributed by atoms with Crippen molar-refractivity contribution in [3.8, 4) is 11.3 Å². The molecule has 0 unspecified atom stereocenters. The molecule has 0 radical (unpaired) electrons. The van der Waals surface area contributed by atoms with Crippen LogP contribution in [0.5, 0.6) is 0 Å². The van der Waals surface area contributed by atoms with Crippen LogP contribution in [0.4, 0.5) is 24.5 Å². The maximum Gasteiger partial charge on any atom is 0.406 e. The van der Waals surface area contributed by atoms with Crippen LogP contribution >= 0.6 is 11.8 Å². The zero-order valence-corrected chi connectivity index (χ0v) is 19.0. The van der Waals surface area contributed by atoms with E-state index in [0.717, 1.165) is 40.7 Å². The van der Waals surface area contributed by atoms with Crippen LogP contribution in [0.15, 0.2) is 59.9 Å². The number of anilines is 2. The lowest BCUT2D eigenvalue weighted by molar-refractivity contribution is -0.141. The summed E-state index contributed by atoms with van der Waals surface area (Å²) in [6.45, 7) is 2.84. The van der Waals surface area contributed by atoms with Gasteiger partial charge in [-0.15, -0.1) is 0 Å². The van der Waals surface area contributed by atoms with E-state index in [2.05, 4.69) is 21.3 Å². The summed E-state index contributed by atoms with van der Waals surface area (Å²) in [5, 5.41) is 3.02. The number of alkyl halides is 3. The van der Waals surface area contributed by atoms with Gasteiger partial charge in [-0.05, 0) is 49.1 Å². The van der Waals surface area contributed by atoms with Gasteiger partial charge in [-0.25, -0.2) is 4.98 Å². The van der Waals surface area contributed by atoms with Crippen LogP contribution < -0.4 is 10.2 Å². The predicted molar refractivity (Wildman–Crippen MR) is 126 cm³/mol. The number of thioether (sulfide) groups is 1. The number of nitrogens with one attached hydrogen (secondary N) is 1. The number of nitrogens with zero attached hydrogens (tertiary/aromatic N) is 3. The standard InChI is InChI=1S/C24H25F3N4OS/c1-17-13-19(30-11-5-6-12-30)9-10-20(17)29-22(32)15-33-23-28-14-21(18-7-3-2-4-8-18)31(23)16-24(25,26)27/h2-4,7-10,13-14H,5-6,11-12,15-16H2,1H3,(H,29,32). The highest BCUT2D eigenvalue weighted by atomic mass is 32.2. The van der Waals surface area contributed by atoms with Gasteiger partial charge in [0, 0.05) is 24.5 Å². The first-order valence-corrected chi connectivity index (χ1v) is 11.7. The van der Waals surface area contributed by atoms with Crippen molar-refractivity contribution in [1.82, 2.24) is 9.55 Å². The van der Waals surface area contributed by atoms with Crippen LogP contribution in [0.1, 0.15) is 18.4 Å². The second-order valence-electron chi connectivity index (χ2n) is 8.02. The summed E-state index contributed by atoms with van der Waals surface area (Å²) >= 11 is 0.992. The molecule has 1 amide bonds. The van der Waals surface area contributed by atoms with E-state index in [9.17, 15) is 18.0 Å². The molecule has 0 aliphatic carbocycles. The van der Waals surface area contributed by atoms with E-state index in [1.165, 1.54) is 19.0 Å². The number of rotatable bonds is 7. The Labute approximate surface area is 195 Å². The third-order valence-electron chi connectivity index (χ3n) is 5.51. The lowest BCUT2D eigenvalue weighted by atomic mass is 10.1. The molecule has 1 saturated heterocycles. The van der Waals surface area contributed by atoms with Crippen LogP contribution in [0.25, 0.3) is 11.3 Å². The second kappa shape index (κ2) is 9.91. The molecule has 1 aliphatic rings. The number of hydrogen-bond donors (Lipinski definition) is 1. The number of aryl methyl sites for hydroxylation is 1. The minimum atomic E-state index is -4.41. The molecule has 174 valence electrons. The number of amides is 1. The van der Waals surface area contributed by atoms with Gasteiger partial charge in [0.2, 0.25) is 5.91 Å². The molecular formula is C24H25F3N4OS. The van der Waals surface area contributed by atoms with E-state index in [0.29, 0.717) is 16.9 Å². The molecule has 0 spiro atoms. The molecule has 4 rings (SSSR count). The van der Waals surface area contributed by atoms with Crippen molar-refractivity contribution < 1.29 is 18.0 Å². The number of aromatic nitrogens is 2. The van der Waals surface area contributed by atoms with Crippen molar-refractivity contribution in [3.05, 3.63) is 60.3 Å². The summed E-state index contributed by atoms with van der Waals surface area (Å²) in [4.78, 5) is 19.0. The van der Waals surface area contributed by atoms with Crippen molar-refractivity contribution in [2.45, 2.75) is 37.6 Å².